The Hall–Kier alpha value is -1.31. The summed E-state index contributed by atoms with van der Waals surface area (Å²) < 4.78 is 63.6. The van der Waals surface area contributed by atoms with Crippen molar-refractivity contribution >= 4 is 49.1 Å². The quantitative estimate of drug-likeness (QED) is 0.236. The fourth-order valence-corrected chi connectivity index (χ4v) is 4.16. The van der Waals surface area contributed by atoms with Crippen LogP contribution in [0.2, 0.25) is 5.02 Å². The number of carbonyl (C=O) groups is 2. The molecule has 0 aromatic heterocycles. The fourth-order valence-electron chi connectivity index (χ4n) is 2.65. The van der Waals surface area contributed by atoms with Crippen LogP contribution in [0.4, 0.5) is 5.69 Å². The molecule has 0 saturated heterocycles. The summed E-state index contributed by atoms with van der Waals surface area (Å²) in [5.41, 5.74) is 3.46. The standard InChI is InChI=1S/C14H8ClNO8S2.Na/c15-8-4-9(26(22,23)24)12(16)11-10(8)14(18)7-3-5(25(19,20)21)1-2-6(7)13(11)17;/h1-4H,16H2,(H,19,20,21)(H,22,23,24);/q;+1. The SMILES string of the molecule is Nc1c(S(=O)(=O)O)cc(Cl)c2c1C(=O)c1ccc(S(=O)(=O)O)cc1C2=O.[Na+]. The Morgan fingerprint density at radius 1 is 0.852 bits per heavy atom. The first-order chi connectivity index (χ1) is 11.8. The van der Waals surface area contributed by atoms with Gasteiger partial charge in [-0.25, -0.2) is 0 Å². The average molecular weight is 441 g/mol. The summed E-state index contributed by atoms with van der Waals surface area (Å²) in [6.45, 7) is 0. The molecule has 9 nitrogen and oxygen atoms in total. The van der Waals surface area contributed by atoms with Gasteiger partial charge in [0.25, 0.3) is 20.2 Å². The third-order valence-electron chi connectivity index (χ3n) is 3.79. The summed E-state index contributed by atoms with van der Waals surface area (Å²) in [7, 11) is -9.45. The Bertz CT molecular complexity index is 1240. The maximum Gasteiger partial charge on any atom is 1.00 e. The first kappa shape index (κ1) is 22.0. The van der Waals surface area contributed by atoms with Crippen LogP contribution in [-0.4, -0.2) is 37.5 Å². The third-order valence-corrected chi connectivity index (χ3v) is 5.83. The zero-order valence-electron chi connectivity index (χ0n) is 13.4. The van der Waals surface area contributed by atoms with Crippen molar-refractivity contribution in [3.63, 3.8) is 0 Å². The Kier molecular flexibility index (Phi) is 5.65. The smallest absolute Gasteiger partial charge is 0.397 e. The van der Waals surface area contributed by atoms with Crippen LogP contribution in [0.5, 0.6) is 0 Å². The first-order valence-electron chi connectivity index (χ1n) is 6.64. The minimum Gasteiger partial charge on any atom is -0.397 e. The van der Waals surface area contributed by atoms with Gasteiger partial charge in [-0.1, -0.05) is 11.6 Å². The molecule has 1 aliphatic carbocycles. The summed E-state index contributed by atoms with van der Waals surface area (Å²) in [6.07, 6.45) is 0. The van der Waals surface area contributed by atoms with Gasteiger partial charge in [0.15, 0.2) is 11.6 Å². The summed E-state index contributed by atoms with van der Waals surface area (Å²) in [5, 5.41) is -0.469. The third kappa shape index (κ3) is 3.57. The van der Waals surface area contributed by atoms with Crippen LogP contribution in [0.25, 0.3) is 0 Å². The molecule has 0 spiro atoms. The number of rotatable bonds is 2. The zero-order chi connectivity index (χ0) is 19.6. The zero-order valence-corrected chi connectivity index (χ0v) is 17.8. The van der Waals surface area contributed by atoms with Crippen LogP contribution in [0.3, 0.4) is 0 Å². The molecule has 0 aliphatic heterocycles. The number of fused-ring (bicyclic) bond motifs is 2. The molecule has 27 heavy (non-hydrogen) atoms. The molecule has 0 radical (unpaired) electrons. The van der Waals surface area contributed by atoms with E-state index in [1.807, 2.05) is 0 Å². The van der Waals surface area contributed by atoms with Crippen molar-refractivity contribution in [2.45, 2.75) is 9.79 Å². The molecule has 0 unspecified atom stereocenters. The molecule has 136 valence electrons. The van der Waals surface area contributed by atoms with E-state index in [1.165, 1.54) is 0 Å². The van der Waals surface area contributed by atoms with Gasteiger partial charge in [-0.15, -0.1) is 0 Å². The van der Waals surface area contributed by atoms with Gasteiger partial charge in [0, 0.05) is 11.1 Å². The monoisotopic (exact) mass is 440 g/mol. The molecule has 4 N–H and O–H groups in total. The van der Waals surface area contributed by atoms with E-state index in [9.17, 15) is 31.0 Å². The Labute approximate surface area is 180 Å². The topological polar surface area (TPSA) is 169 Å². The number of ketones is 2. The van der Waals surface area contributed by atoms with E-state index in [0.29, 0.717) is 6.07 Å². The predicted molar refractivity (Wildman–Crippen MR) is 88.8 cm³/mol. The van der Waals surface area contributed by atoms with Crippen molar-refractivity contribution in [2.24, 2.45) is 0 Å². The Morgan fingerprint density at radius 2 is 1.41 bits per heavy atom. The number of hydrogen-bond donors (Lipinski definition) is 3. The molecule has 0 saturated carbocycles. The molecule has 3 rings (SSSR count). The second-order valence-corrected chi connectivity index (χ2v) is 8.55. The molecule has 0 amide bonds. The second-order valence-electron chi connectivity index (χ2n) is 5.34. The van der Waals surface area contributed by atoms with Crippen LogP contribution in [0.15, 0.2) is 34.1 Å². The maximum atomic E-state index is 12.7. The molecule has 0 fully saturated rings. The summed E-state index contributed by atoms with van der Waals surface area (Å²) in [5.74, 6) is -1.78. The van der Waals surface area contributed by atoms with Gasteiger partial charge in [-0.2, -0.15) is 16.8 Å². The van der Waals surface area contributed by atoms with E-state index in [2.05, 4.69) is 0 Å². The Balaban J connectivity index is 0.00000261. The molecule has 0 bridgehead atoms. The van der Waals surface area contributed by atoms with Gasteiger partial charge in [-0.3, -0.25) is 18.7 Å². The van der Waals surface area contributed by atoms with E-state index in [0.717, 1.165) is 18.2 Å². The van der Waals surface area contributed by atoms with Gasteiger partial charge in [0.1, 0.15) is 4.90 Å². The normalized spacial score (nSPS) is 13.6. The minimum atomic E-state index is -4.82. The van der Waals surface area contributed by atoms with E-state index in [1.54, 1.807) is 0 Å². The molecular formula is C14H8ClNNaO8S2+. The van der Waals surface area contributed by atoms with Crippen LogP contribution >= 0.6 is 11.6 Å². The summed E-state index contributed by atoms with van der Waals surface area (Å²) in [4.78, 5) is 23.9. The maximum absolute atomic E-state index is 12.7. The predicted octanol–water partition coefficient (Wildman–Crippen LogP) is -1.80. The van der Waals surface area contributed by atoms with Crippen molar-refractivity contribution in [1.29, 1.82) is 0 Å². The number of carbonyl (C=O) groups excluding carboxylic acids is 2. The van der Waals surface area contributed by atoms with Crippen molar-refractivity contribution in [3.05, 3.63) is 51.5 Å². The van der Waals surface area contributed by atoms with E-state index < -0.39 is 63.4 Å². The number of halogens is 1. The molecular weight excluding hydrogens is 433 g/mol. The van der Waals surface area contributed by atoms with Gasteiger partial charge in [0.05, 0.1) is 26.7 Å². The van der Waals surface area contributed by atoms with Crippen molar-refractivity contribution in [2.75, 3.05) is 5.73 Å². The van der Waals surface area contributed by atoms with Crippen molar-refractivity contribution in [3.8, 4) is 0 Å². The molecule has 0 atom stereocenters. The molecule has 0 heterocycles. The number of nitrogens with two attached hydrogens (primary N) is 1. The van der Waals surface area contributed by atoms with E-state index in [-0.39, 0.29) is 40.7 Å². The number of anilines is 1. The minimum absolute atomic E-state index is 0. The molecule has 13 heteroatoms. The Morgan fingerprint density at radius 3 is 1.93 bits per heavy atom. The van der Waals surface area contributed by atoms with Crippen LogP contribution in [0, 0.1) is 0 Å². The second kappa shape index (κ2) is 6.94. The van der Waals surface area contributed by atoms with Gasteiger partial charge in [0.2, 0.25) is 0 Å². The van der Waals surface area contributed by atoms with Crippen LogP contribution in [-0.2, 0) is 20.2 Å². The number of benzene rings is 2. The largest absolute Gasteiger partial charge is 1.00 e. The first-order valence-corrected chi connectivity index (χ1v) is 9.90. The van der Waals surface area contributed by atoms with Crippen LogP contribution in [0.1, 0.15) is 31.8 Å². The van der Waals surface area contributed by atoms with Crippen molar-refractivity contribution < 1.29 is 65.1 Å². The summed E-state index contributed by atoms with van der Waals surface area (Å²) >= 11 is 5.91. The fraction of sp³-hybridized carbons (Fsp3) is 0. The molecule has 2 aromatic carbocycles. The number of hydrogen-bond acceptors (Lipinski definition) is 7. The van der Waals surface area contributed by atoms with Crippen molar-refractivity contribution in [1.82, 2.24) is 0 Å². The molecule has 1 aliphatic rings. The average Bonchev–Trinajstić information content (AvgIpc) is 2.51. The van der Waals surface area contributed by atoms with Gasteiger partial charge in [-0.05, 0) is 24.3 Å². The van der Waals surface area contributed by atoms with Gasteiger partial charge >= 0.3 is 29.6 Å². The summed E-state index contributed by atoms with van der Waals surface area (Å²) in [6, 6.07) is 3.40. The van der Waals surface area contributed by atoms with E-state index in [4.69, 9.17) is 21.9 Å². The van der Waals surface area contributed by atoms with E-state index >= 15 is 0 Å². The van der Waals surface area contributed by atoms with Crippen LogP contribution < -0.4 is 35.3 Å². The number of nitrogen functional groups attached to an aromatic ring is 1. The molecule has 2 aromatic rings. The van der Waals surface area contributed by atoms with Gasteiger partial charge < -0.3 is 5.73 Å².